The lowest BCUT2D eigenvalue weighted by Gasteiger charge is -2.29. The molecule has 0 aliphatic heterocycles. The van der Waals surface area contributed by atoms with E-state index < -0.39 is 16.8 Å². The van der Waals surface area contributed by atoms with E-state index in [0.29, 0.717) is 6.54 Å². The number of benzene rings is 1. The molecule has 0 aliphatic rings. The molecule has 0 bridgehead atoms. The maximum absolute atomic E-state index is 12.7. The Bertz CT molecular complexity index is 464. The number of alkyl halides is 1. The van der Waals surface area contributed by atoms with Crippen LogP contribution in [0.4, 0.5) is 0 Å². The molecule has 21 heavy (non-hydrogen) atoms. The third-order valence-electron chi connectivity index (χ3n) is 3.35. The number of amides is 1. The van der Waals surface area contributed by atoms with Crippen LogP contribution in [0.15, 0.2) is 30.3 Å². The Morgan fingerprint density at radius 1 is 1.29 bits per heavy atom. The van der Waals surface area contributed by atoms with E-state index >= 15 is 0 Å². The summed E-state index contributed by atoms with van der Waals surface area (Å²) in [6.45, 7) is 4.29. The molecule has 0 aromatic heterocycles. The van der Waals surface area contributed by atoms with Crippen molar-refractivity contribution >= 4 is 27.8 Å². The van der Waals surface area contributed by atoms with Gasteiger partial charge in [-0.3, -0.25) is 4.79 Å². The van der Waals surface area contributed by atoms with Gasteiger partial charge in [0.25, 0.3) is 0 Å². The topological polar surface area (TPSA) is 46.6 Å². The van der Waals surface area contributed by atoms with Crippen molar-refractivity contribution < 1.29 is 14.3 Å². The van der Waals surface area contributed by atoms with Gasteiger partial charge in [0.2, 0.25) is 5.91 Å². The highest BCUT2D eigenvalue weighted by molar-refractivity contribution is 9.09. The molecule has 116 valence electrons. The fourth-order valence-corrected chi connectivity index (χ4v) is 2.60. The number of carbonyl (C=O) groups excluding carboxylic acids is 2. The maximum Gasteiger partial charge on any atom is 0.328 e. The van der Waals surface area contributed by atoms with Gasteiger partial charge in [0, 0.05) is 6.54 Å². The largest absolute Gasteiger partial charge is 0.467 e. The lowest BCUT2D eigenvalue weighted by Crippen LogP contribution is -2.45. The van der Waals surface area contributed by atoms with Crippen molar-refractivity contribution in [3.63, 3.8) is 0 Å². The van der Waals surface area contributed by atoms with Gasteiger partial charge in [0.1, 0.15) is 10.9 Å². The van der Waals surface area contributed by atoms with Gasteiger partial charge >= 0.3 is 5.97 Å². The third-order valence-corrected chi connectivity index (χ3v) is 4.27. The molecular formula is C16H22BrNO3. The van der Waals surface area contributed by atoms with E-state index in [0.717, 1.165) is 18.4 Å². The quantitative estimate of drug-likeness (QED) is 0.556. The number of halogens is 1. The maximum atomic E-state index is 12.7. The Balaban J connectivity index is 2.91. The van der Waals surface area contributed by atoms with Crippen LogP contribution in [0, 0.1) is 0 Å². The number of ether oxygens (including phenoxy) is 1. The predicted octanol–water partition coefficient (Wildman–Crippen LogP) is 3.31. The molecular weight excluding hydrogens is 334 g/mol. The minimum atomic E-state index is -0.585. The summed E-state index contributed by atoms with van der Waals surface area (Å²) >= 11 is 3.44. The van der Waals surface area contributed by atoms with Crippen molar-refractivity contribution in [3.8, 4) is 0 Å². The number of hydrogen-bond donors (Lipinski definition) is 0. The van der Waals surface area contributed by atoms with Crippen LogP contribution in [0.3, 0.4) is 0 Å². The summed E-state index contributed by atoms with van der Waals surface area (Å²) in [4.78, 5) is 25.6. The molecule has 0 fully saturated rings. The summed E-state index contributed by atoms with van der Waals surface area (Å²) < 4.78 is 4.76. The molecule has 2 atom stereocenters. The molecule has 1 aromatic rings. The summed E-state index contributed by atoms with van der Waals surface area (Å²) in [6.07, 6.45) is 1.80. The predicted molar refractivity (Wildman–Crippen MR) is 86.2 cm³/mol. The van der Waals surface area contributed by atoms with Gasteiger partial charge in [0.15, 0.2) is 0 Å². The lowest BCUT2D eigenvalue weighted by molar-refractivity contribution is -0.152. The van der Waals surface area contributed by atoms with Crippen molar-refractivity contribution in [2.24, 2.45) is 0 Å². The first-order chi connectivity index (χ1) is 10.0. The first kappa shape index (κ1) is 17.7. The summed E-state index contributed by atoms with van der Waals surface area (Å²) in [5, 5.41) is 0. The number of esters is 1. The Kier molecular flexibility index (Phi) is 7.43. The molecule has 0 saturated heterocycles. The zero-order valence-corrected chi connectivity index (χ0v) is 14.3. The van der Waals surface area contributed by atoms with Gasteiger partial charge < -0.3 is 9.64 Å². The Labute approximate surface area is 134 Å². The normalized spacial score (nSPS) is 13.3. The molecule has 5 heteroatoms. The smallest absolute Gasteiger partial charge is 0.328 e. The van der Waals surface area contributed by atoms with E-state index in [4.69, 9.17) is 4.74 Å². The van der Waals surface area contributed by atoms with Crippen LogP contribution < -0.4 is 0 Å². The number of hydrogen-bond acceptors (Lipinski definition) is 3. The van der Waals surface area contributed by atoms with Gasteiger partial charge in [0.05, 0.1) is 7.11 Å². The molecule has 0 spiro atoms. The second-order valence-corrected chi connectivity index (χ2v) is 5.77. The van der Waals surface area contributed by atoms with Crippen molar-refractivity contribution in [1.29, 1.82) is 0 Å². The summed E-state index contributed by atoms with van der Waals surface area (Å²) in [5.41, 5.74) is 0.876. The van der Waals surface area contributed by atoms with Gasteiger partial charge in [-0.25, -0.2) is 4.79 Å². The van der Waals surface area contributed by atoms with E-state index in [9.17, 15) is 9.59 Å². The zero-order valence-electron chi connectivity index (χ0n) is 12.7. The zero-order chi connectivity index (χ0) is 15.8. The number of rotatable bonds is 7. The standard InChI is InChI=1S/C16H22BrNO3/c1-4-5-11-18(12(2)16(20)21-3)15(19)14(17)13-9-7-6-8-10-13/h6-10,12,14H,4-5,11H2,1-3H3/t12-,14?/m0/s1. The number of methoxy groups -OCH3 is 1. The van der Waals surface area contributed by atoms with Crippen LogP contribution in [0.1, 0.15) is 37.1 Å². The Morgan fingerprint density at radius 2 is 1.90 bits per heavy atom. The van der Waals surface area contributed by atoms with E-state index in [1.54, 1.807) is 11.8 Å². The lowest BCUT2D eigenvalue weighted by atomic mass is 10.1. The van der Waals surface area contributed by atoms with Crippen molar-refractivity contribution in [3.05, 3.63) is 35.9 Å². The van der Waals surface area contributed by atoms with Crippen LogP contribution in [-0.4, -0.2) is 36.5 Å². The van der Waals surface area contributed by atoms with Crippen LogP contribution in [0.2, 0.25) is 0 Å². The molecule has 0 N–H and O–H groups in total. The highest BCUT2D eigenvalue weighted by atomic mass is 79.9. The summed E-state index contributed by atoms with van der Waals surface area (Å²) in [5.74, 6) is -0.514. The van der Waals surface area contributed by atoms with Crippen LogP contribution >= 0.6 is 15.9 Å². The van der Waals surface area contributed by atoms with Gasteiger partial charge in [-0.1, -0.05) is 59.6 Å². The molecule has 0 heterocycles. The fraction of sp³-hybridized carbons (Fsp3) is 0.500. The molecule has 1 aromatic carbocycles. The Morgan fingerprint density at radius 3 is 2.43 bits per heavy atom. The molecule has 1 rings (SSSR count). The van der Waals surface area contributed by atoms with Crippen LogP contribution in [-0.2, 0) is 14.3 Å². The van der Waals surface area contributed by atoms with E-state index in [1.807, 2.05) is 37.3 Å². The molecule has 0 radical (unpaired) electrons. The molecule has 1 unspecified atom stereocenters. The summed E-state index contributed by atoms with van der Waals surface area (Å²) in [6, 6.07) is 8.86. The number of nitrogens with zero attached hydrogens (tertiary/aromatic N) is 1. The minimum Gasteiger partial charge on any atom is -0.467 e. The molecule has 0 aliphatic carbocycles. The van der Waals surface area contributed by atoms with Crippen molar-refractivity contribution in [2.75, 3.05) is 13.7 Å². The highest BCUT2D eigenvalue weighted by Gasteiger charge is 2.30. The fourth-order valence-electron chi connectivity index (χ4n) is 2.03. The number of unbranched alkanes of at least 4 members (excludes halogenated alkanes) is 1. The third kappa shape index (κ3) is 4.84. The average Bonchev–Trinajstić information content (AvgIpc) is 2.53. The molecule has 1 amide bonds. The van der Waals surface area contributed by atoms with Gasteiger partial charge in [-0.2, -0.15) is 0 Å². The van der Waals surface area contributed by atoms with E-state index in [1.165, 1.54) is 7.11 Å². The minimum absolute atomic E-state index is 0.118. The van der Waals surface area contributed by atoms with Crippen LogP contribution in [0.5, 0.6) is 0 Å². The average molecular weight is 356 g/mol. The first-order valence-electron chi connectivity index (χ1n) is 7.10. The summed E-state index contributed by atoms with van der Waals surface area (Å²) in [7, 11) is 1.34. The highest BCUT2D eigenvalue weighted by Crippen LogP contribution is 2.26. The monoisotopic (exact) mass is 355 g/mol. The van der Waals surface area contributed by atoms with Crippen molar-refractivity contribution in [2.45, 2.75) is 37.6 Å². The SMILES string of the molecule is CCCCN(C(=O)C(Br)c1ccccc1)[C@@H](C)C(=O)OC. The van der Waals surface area contributed by atoms with Gasteiger partial charge in [-0.05, 0) is 18.9 Å². The molecule has 4 nitrogen and oxygen atoms in total. The van der Waals surface area contributed by atoms with Gasteiger partial charge in [-0.15, -0.1) is 0 Å². The molecule has 0 saturated carbocycles. The second kappa shape index (κ2) is 8.82. The number of carbonyl (C=O) groups is 2. The first-order valence-corrected chi connectivity index (χ1v) is 8.01. The van der Waals surface area contributed by atoms with Crippen LogP contribution in [0.25, 0.3) is 0 Å². The van der Waals surface area contributed by atoms with E-state index in [2.05, 4.69) is 15.9 Å². The van der Waals surface area contributed by atoms with E-state index in [-0.39, 0.29) is 5.91 Å². The Hall–Kier alpha value is -1.36. The van der Waals surface area contributed by atoms with Crippen molar-refractivity contribution in [1.82, 2.24) is 4.90 Å². The second-order valence-electron chi connectivity index (χ2n) is 4.86.